The molecule has 78 valence electrons. The van der Waals surface area contributed by atoms with Crippen LogP contribution in [0.4, 0.5) is 0 Å². The molecule has 0 saturated carbocycles. The number of aromatic nitrogens is 1. The van der Waals surface area contributed by atoms with Crippen LogP contribution in [-0.4, -0.2) is 11.3 Å². The topological polar surface area (TPSA) is 30.0 Å². The molecule has 0 saturated heterocycles. The highest BCUT2D eigenvalue weighted by molar-refractivity contribution is 5.74. The Bertz CT molecular complexity index is 486. The Labute approximate surface area is 94.3 Å². The van der Waals surface area contributed by atoms with Crippen molar-refractivity contribution in [2.75, 3.05) is 0 Å². The Balaban J connectivity index is 2.26. The van der Waals surface area contributed by atoms with Crippen LogP contribution >= 0.6 is 0 Å². The van der Waals surface area contributed by atoms with Gasteiger partial charge in [-0.3, -0.25) is 9.78 Å². The average Bonchev–Trinajstić information content (AvgIpc) is 2.38. The number of hydrogen-bond donors (Lipinski definition) is 0. The SMILES string of the molecule is O=CC=Cc1ccc(-c2ccccn2)cc1. The number of carbonyl (C=O) groups excluding carboxylic acids is 1. The maximum atomic E-state index is 10.2. The van der Waals surface area contributed by atoms with E-state index in [1.807, 2.05) is 42.5 Å². The largest absolute Gasteiger partial charge is 0.299 e. The van der Waals surface area contributed by atoms with Gasteiger partial charge >= 0.3 is 0 Å². The molecule has 1 aromatic heterocycles. The predicted molar refractivity (Wildman–Crippen MR) is 64.8 cm³/mol. The molecule has 0 aliphatic rings. The number of nitrogens with zero attached hydrogens (tertiary/aromatic N) is 1. The highest BCUT2D eigenvalue weighted by Gasteiger charge is 1.96. The van der Waals surface area contributed by atoms with Crippen LogP contribution in [0.5, 0.6) is 0 Å². The summed E-state index contributed by atoms with van der Waals surface area (Å²) in [6.07, 6.45) is 5.80. The maximum Gasteiger partial charge on any atom is 0.142 e. The lowest BCUT2D eigenvalue weighted by Crippen LogP contribution is -1.81. The van der Waals surface area contributed by atoms with Crippen LogP contribution in [0.15, 0.2) is 54.7 Å². The molecule has 0 bridgehead atoms. The molecule has 0 N–H and O–H groups in total. The highest BCUT2D eigenvalue weighted by atomic mass is 16.1. The molecule has 0 aliphatic carbocycles. The number of benzene rings is 1. The van der Waals surface area contributed by atoms with Crippen molar-refractivity contribution < 1.29 is 4.79 Å². The van der Waals surface area contributed by atoms with Crippen molar-refractivity contribution in [3.63, 3.8) is 0 Å². The third-order valence-electron chi connectivity index (χ3n) is 2.24. The van der Waals surface area contributed by atoms with Crippen LogP contribution in [0.3, 0.4) is 0 Å². The van der Waals surface area contributed by atoms with E-state index in [9.17, 15) is 4.79 Å². The Hall–Kier alpha value is -2.22. The van der Waals surface area contributed by atoms with Gasteiger partial charge in [0.05, 0.1) is 5.69 Å². The summed E-state index contributed by atoms with van der Waals surface area (Å²) in [4.78, 5) is 14.4. The second-order valence-electron chi connectivity index (χ2n) is 3.33. The van der Waals surface area contributed by atoms with E-state index in [1.54, 1.807) is 12.3 Å². The summed E-state index contributed by atoms with van der Waals surface area (Å²) in [5.41, 5.74) is 3.03. The van der Waals surface area contributed by atoms with Gasteiger partial charge in [-0.1, -0.05) is 36.4 Å². The van der Waals surface area contributed by atoms with E-state index in [0.717, 1.165) is 23.1 Å². The summed E-state index contributed by atoms with van der Waals surface area (Å²) in [7, 11) is 0. The van der Waals surface area contributed by atoms with Gasteiger partial charge in [0, 0.05) is 11.8 Å². The second-order valence-corrected chi connectivity index (χ2v) is 3.33. The van der Waals surface area contributed by atoms with Gasteiger partial charge in [0.25, 0.3) is 0 Å². The van der Waals surface area contributed by atoms with E-state index >= 15 is 0 Å². The number of rotatable bonds is 3. The van der Waals surface area contributed by atoms with E-state index in [2.05, 4.69) is 4.98 Å². The smallest absolute Gasteiger partial charge is 0.142 e. The number of hydrogen-bond acceptors (Lipinski definition) is 2. The molecule has 0 spiro atoms. The Kier molecular flexibility index (Phi) is 3.24. The van der Waals surface area contributed by atoms with Crippen molar-refractivity contribution >= 4 is 12.4 Å². The average molecular weight is 209 g/mol. The summed E-state index contributed by atoms with van der Waals surface area (Å²) >= 11 is 0. The molecular weight excluding hydrogens is 198 g/mol. The Morgan fingerprint density at radius 2 is 1.81 bits per heavy atom. The molecule has 1 heterocycles. The predicted octanol–water partition coefficient (Wildman–Crippen LogP) is 2.96. The third kappa shape index (κ3) is 2.42. The van der Waals surface area contributed by atoms with Crippen LogP contribution in [0, 0.1) is 0 Å². The third-order valence-corrected chi connectivity index (χ3v) is 2.24. The van der Waals surface area contributed by atoms with E-state index in [-0.39, 0.29) is 0 Å². The summed E-state index contributed by atoms with van der Waals surface area (Å²) in [5.74, 6) is 0. The normalized spacial score (nSPS) is 10.5. The molecular formula is C14H11NO. The van der Waals surface area contributed by atoms with Gasteiger partial charge in [-0.05, 0) is 23.8 Å². The molecule has 2 rings (SSSR count). The zero-order valence-corrected chi connectivity index (χ0v) is 8.71. The van der Waals surface area contributed by atoms with Gasteiger partial charge < -0.3 is 0 Å². The van der Waals surface area contributed by atoms with Gasteiger partial charge in [0.15, 0.2) is 0 Å². The summed E-state index contributed by atoms with van der Waals surface area (Å²) < 4.78 is 0. The highest BCUT2D eigenvalue weighted by Crippen LogP contribution is 2.17. The first-order valence-corrected chi connectivity index (χ1v) is 5.03. The fourth-order valence-electron chi connectivity index (χ4n) is 1.45. The van der Waals surface area contributed by atoms with Gasteiger partial charge in [-0.2, -0.15) is 0 Å². The molecule has 1 aromatic carbocycles. The standard InChI is InChI=1S/C14H11NO/c16-11-3-4-12-6-8-13(9-7-12)14-5-1-2-10-15-14/h1-11H. The van der Waals surface area contributed by atoms with Crippen molar-refractivity contribution in [1.82, 2.24) is 4.98 Å². The molecule has 2 nitrogen and oxygen atoms in total. The quantitative estimate of drug-likeness (QED) is 0.574. The molecule has 0 aliphatic heterocycles. The Morgan fingerprint density at radius 3 is 2.44 bits per heavy atom. The van der Waals surface area contributed by atoms with E-state index in [0.29, 0.717) is 0 Å². The second kappa shape index (κ2) is 5.03. The van der Waals surface area contributed by atoms with Crippen molar-refractivity contribution in [3.8, 4) is 11.3 Å². The maximum absolute atomic E-state index is 10.2. The first-order chi connectivity index (χ1) is 7.90. The van der Waals surface area contributed by atoms with E-state index < -0.39 is 0 Å². The first kappa shape index (κ1) is 10.3. The number of pyridine rings is 1. The minimum atomic E-state index is 0.770. The lowest BCUT2D eigenvalue weighted by molar-refractivity contribution is -0.104. The molecule has 0 amide bonds. The summed E-state index contributed by atoms with van der Waals surface area (Å²) in [6, 6.07) is 13.7. The van der Waals surface area contributed by atoms with E-state index in [4.69, 9.17) is 0 Å². The minimum absolute atomic E-state index is 0.770. The number of aldehydes is 1. The van der Waals surface area contributed by atoms with Crippen LogP contribution in [0.2, 0.25) is 0 Å². The fourth-order valence-corrected chi connectivity index (χ4v) is 1.45. The van der Waals surface area contributed by atoms with Crippen LogP contribution in [0.25, 0.3) is 17.3 Å². The van der Waals surface area contributed by atoms with Gasteiger partial charge in [-0.25, -0.2) is 0 Å². The van der Waals surface area contributed by atoms with Crippen molar-refractivity contribution in [3.05, 3.63) is 60.3 Å². The minimum Gasteiger partial charge on any atom is -0.299 e. The Morgan fingerprint density at radius 1 is 1.00 bits per heavy atom. The van der Waals surface area contributed by atoms with Crippen LogP contribution < -0.4 is 0 Å². The molecule has 16 heavy (non-hydrogen) atoms. The number of carbonyl (C=O) groups is 1. The summed E-state index contributed by atoms with van der Waals surface area (Å²) in [6.45, 7) is 0. The molecule has 0 unspecified atom stereocenters. The van der Waals surface area contributed by atoms with Crippen LogP contribution in [0.1, 0.15) is 5.56 Å². The van der Waals surface area contributed by atoms with Crippen molar-refractivity contribution in [2.45, 2.75) is 0 Å². The van der Waals surface area contributed by atoms with Crippen molar-refractivity contribution in [1.29, 1.82) is 0 Å². The molecule has 0 radical (unpaired) electrons. The molecule has 2 aromatic rings. The lowest BCUT2D eigenvalue weighted by Gasteiger charge is -2.00. The van der Waals surface area contributed by atoms with Crippen molar-refractivity contribution in [2.24, 2.45) is 0 Å². The fraction of sp³-hybridized carbons (Fsp3) is 0. The molecule has 2 heteroatoms. The van der Waals surface area contributed by atoms with Crippen LogP contribution in [-0.2, 0) is 4.79 Å². The van der Waals surface area contributed by atoms with Gasteiger partial charge in [0.2, 0.25) is 0 Å². The van der Waals surface area contributed by atoms with Gasteiger partial charge in [0.1, 0.15) is 6.29 Å². The zero-order valence-electron chi connectivity index (χ0n) is 8.71. The van der Waals surface area contributed by atoms with E-state index in [1.165, 1.54) is 6.08 Å². The monoisotopic (exact) mass is 209 g/mol. The molecule has 0 fully saturated rings. The first-order valence-electron chi connectivity index (χ1n) is 5.03. The number of allylic oxidation sites excluding steroid dienone is 1. The summed E-state index contributed by atoms with van der Waals surface area (Å²) in [5, 5.41) is 0. The van der Waals surface area contributed by atoms with Gasteiger partial charge in [-0.15, -0.1) is 0 Å². The lowest BCUT2D eigenvalue weighted by atomic mass is 10.1. The molecule has 0 atom stereocenters. The zero-order chi connectivity index (χ0) is 11.2.